The number of pyridine rings is 1. The fourth-order valence-electron chi connectivity index (χ4n) is 3.53. The number of carbonyl (C=O) groups is 3. The van der Waals surface area contributed by atoms with Crippen LogP contribution in [0.15, 0.2) is 66.4 Å². The van der Waals surface area contributed by atoms with Crippen molar-refractivity contribution < 1.29 is 19.1 Å². The van der Waals surface area contributed by atoms with Gasteiger partial charge in [0.25, 0.3) is 0 Å². The number of H-pyrrole nitrogens is 1. The average Bonchev–Trinajstić information content (AvgIpc) is 3.22. The van der Waals surface area contributed by atoms with Crippen LogP contribution in [0.4, 0.5) is 0 Å². The summed E-state index contributed by atoms with van der Waals surface area (Å²) >= 11 is 0. The molecule has 0 spiro atoms. The molecule has 0 unspecified atom stereocenters. The summed E-state index contributed by atoms with van der Waals surface area (Å²) in [6.45, 7) is 2.09. The van der Waals surface area contributed by atoms with Gasteiger partial charge in [-0.15, -0.1) is 0 Å². The first kappa shape index (κ1) is 20.5. The van der Waals surface area contributed by atoms with Crippen LogP contribution in [0, 0.1) is 0 Å². The van der Waals surface area contributed by atoms with Crippen LogP contribution in [0.25, 0.3) is 22.0 Å². The quantitative estimate of drug-likeness (QED) is 0.442. The molecule has 6 heteroatoms. The van der Waals surface area contributed by atoms with Crippen molar-refractivity contribution in [3.8, 4) is 11.1 Å². The van der Waals surface area contributed by atoms with Gasteiger partial charge in [-0.3, -0.25) is 14.6 Å². The van der Waals surface area contributed by atoms with Crippen molar-refractivity contribution in [2.75, 3.05) is 6.61 Å². The first-order chi connectivity index (χ1) is 15.0. The lowest BCUT2D eigenvalue weighted by molar-refractivity contribution is -0.113. The number of hydrogen-bond acceptors (Lipinski definition) is 5. The SMILES string of the molecule is CCOC(=O)c1cc2cc(-c3ccnc(C(=O)CCC4=CCC(=O)C=C4)c3)ccc2[nH]1. The molecular formula is C25H22N2O4. The number of nitrogens with zero attached hydrogens (tertiary/aromatic N) is 1. The van der Waals surface area contributed by atoms with Gasteiger partial charge in [-0.05, 0) is 60.9 Å². The minimum atomic E-state index is -0.385. The number of aromatic amines is 1. The minimum Gasteiger partial charge on any atom is -0.461 e. The van der Waals surface area contributed by atoms with E-state index in [1.807, 2.05) is 30.3 Å². The zero-order valence-electron chi connectivity index (χ0n) is 17.2. The van der Waals surface area contributed by atoms with Crippen LogP contribution in [-0.4, -0.2) is 34.1 Å². The lowest BCUT2D eigenvalue weighted by atomic mass is 9.99. The van der Waals surface area contributed by atoms with Gasteiger partial charge in [-0.2, -0.15) is 0 Å². The number of esters is 1. The largest absolute Gasteiger partial charge is 0.461 e. The highest BCUT2D eigenvalue weighted by Gasteiger charge is 2.13. The molecule has 0 atom stereocenters. The van der Waals surface area contributed by atoms with Gasteiger partial charge >= 0.3 is 5.97 Å². The first-order valence-electron chi connectivity index (χ1n) is 10.2. The molecule has 3 aromatic rings. The molecule has 1 aromatic carbocycles. The molecule has 0 amide bonds. The number of ketones is 2. The maximum atomic E-state index is 12.7. The van der Waals surface area contributed by atoms with Gasteiger partial charge in [0.15, 0.2) is 11.6 Å². The molecule has 0 radical (unpaired) electrons. The van der Waals surface area contributed by atoms with Crippen LogP contribution in [0.5, 0.6) is 0 Å². The maximum absolute atomic E-state index is 12.7. The molecular weight excluding hydrogens is 392 g/mol. The fraction of sp³-hybridized carbons (Fsp3) is 0.200. The molecule has 2 heterocycles. The van der Waals surface area contributed by atoms with Crippen LogP contribution in [0.3, 0.4) is 0 Å². The Bertz CT molecular complexity index is 1230. The zero-order chi connectivity index (χ0) is 21.8. The molecule has 0 saturated carbocycles. The number of allylic oxidation sites excluding steroid dienone is 4. The van der Waals surface area contributed by atoms with Gasteiger partial charge in [-0.1, -0.05) is 23.8 Å². The van der Waals surface area contributed by atoms with Crippen molar-refractivity contribution in [2.24, 2.45) is 0 Å². The summed E-state index contributed by atoms with van der Waals surface area (Å²) in [4.78, 5) is 43.2. The highest BCUT2D eigenvalue weighted by molar-refractivity contribution is 5.98. The molecule has 0 saturated heterocycles. The van der Waals surface area contributed by atoms with E-state index in [1.54, 1.807) is 37.4 Å². The number of ether oxygens (including phenoxy) is 1. The van der Waals surface area contributed by atoms with Gasteiger partial charge in [0.05, 0.1) is 6.61 Å². The van der Waals surface area contributed by atoms with E-state index in [4.69, 9.17) is 4.74 Å². The van der Waals surface area contributed by atoms with Crippen molar-refractivity contribution in [2.45, 2.75) is 26.2 Å². The smallest absolute Gasteiger partial charge is 0.354 e. The number of hydrogen-bond donors (Lipinski definition) is 1. The molecule has 0 fully saturated rings. The van der Waals surface area contributed by atoms with Crippen LogP contribution in [-0.2, 0) is 9.53 Å². The normalized spacial score (nSPS) is 13.3. The highest BCUT2D eigenvalue weighted by Crippen LogP contribution is 2.26. The molecule has 1 aliphatic carbocycles. The molecule has 0 aliphatic heterocycles. The number of aromatic nitrogens is 2. The van der Waals surface area contributed by atoms with Crippen molar-refractivity contribution >= 4 is 28.4 Å². The average molecular weight is 414 g/mol. The number of carbonyl (C=O) groups excluding carboxylic acids is 3. The maximum Gasteiger partial charge on any atom is 0.354 e. The summed E-state index contributed by atoms with van der Waals surface area (Å²) in [5, 5.41) is 0.885. The van der Waals surface area contributed by atoms with Gasteiger partial charge in [0, 0.05) is 29.9 Å². The second kappa shape index (κ2) is 8.92. The van der Waals surface area contributed by atoms with Crippen molar-refractivity contribution in [3.63, 3.8) is 0 Å². The molecule has 31 heavy (non-hydrogen) atoms. The Kier molecular flexibility index (Phi) is 5.89. The minimum absolute atomic E-state index is 0.0413. The predicted octanol–water partition coefficient (Wildman–Crippen LogP) is 4.82. The standard InChI is InChI=1S/C25H22N2O4/c1-2-31-25(30)23-15-19-13-17(6-9-21(19)27-23)18-11-12-26-22(14-18)24(29)10-5-16-3-7-20(28)8-4-16/h3-4,6-7,9,11-15,27H,2,5,8,10H2,1H3. The van der Waals surface area contributed by atoms with E-state index >= 15 is 0 Å². The van der Waals surface area contributed by atoms with Crippen molar-refractivity contribution in [3.05, 3.63) is 77.8 Å². The van der Waals surface area contributed by atoms with E-state index in [0.29, 0.717) is 37.3 Å². The number of rotatable bonds is 7. The Labute approximate surface area is 179 Å². The molecule has 2 aromatic heterocycles. The Hall–Kier alpha value is -3.80. The number of Topliss-reactive ketones (excluding diaryl/α,β-unsaturated/α-hetero) is 1. The van der Waals surface area contributed by atoms with Crippen LogP contribution in [0.2, 0.25) is 0 Å². The summed E-state index contributed by atoms with van der Waals surface area (Å²) < 4.78 is 5.05. The molecule has 0 bridgehead atoms. The third-order valence-corrected chi connectivity index (χ3v) is 5.18. The summed E-state index contributed by atoms with van der Waals surface area (Å²) in [6, 6.07) is 11.2. The molecule has 6 nitrogen and oxygen atoms in total. The summed E-state index contributed by atoms with van der Waals surface area (Å²) in [5.41, 5.74) is 4.46. The van der Waals surface area contributed by atoms with Gasteiger partial charge in [0.1, 0.15) is 11.4 Å². The third-order valence-electron chi connectivity index (χ3n) is 5.18. The molecule has 156 valence electrons. The Morgan fingerprint density at radius 2 is 1.94 bits per heavy atom. The molecule has 1 aliphatic rings. The number of benzene rings is 1. The van der Waals surface area contributed by atoms with Gasteiger partial charge < -0.3 is 9.72 Å². The Morgan fingerprint density at radius 1 is 1.10 bits per heavy atom. The Balaban J connectivity index is 1.51. The van der Waals surface area contributed by atoms with Gasteiger partial charge in [-0.25, -0.2) is 4.79 Å². The van der Waals surface area contributed by atoms with E-state index in [0.717, 1.165) is 27.6 Å². The summed E-state index contributed by atoms with van der Waals surface area (Å²) in [6.07, 6.45) is 8.15. The van der Waals surface area contributed by atoms with Crippen molar-refractivity contribution in [1.82, 2.24) is 9.97 Å². The lowest BCUT2D eigenvalue weighted by Gasteiger charge is -2.07. The molecule has 1 N–H and O–H groups in total. The number of fused-ring (bicyclic) bond motifs is 1. The van der Waals surface area contributed by atoms with Crippen LogP contribution >= 0.6 is 0 Å². The van der Waals surface area contributed by atoms with E-state index < -0.39 is 0 Å². The topological polar surface area (TPSA) is 89.1 Å². The van der Waals surface area contributed by atoms with E-state index in [-0.39, 0.29) is 17.5 Å². The van der Waals surface area contributed by atoms with Crippen LogP contribution < -0.4 is 0 Å². The van der Waals surface area contributed by atoms with E-state index in [2.05, 4.69) is 9.97 Å². The second-order valence-corrected chi connectivity index (χ2v) is 7.34. The predicted molar refractivity (Wildman–Crippen MR) is 118 cm³/mol. The summed E-state index contributed by atoms with van der Waals surface area (Å²) in [5.74, 6) is -0.345. The monoisotopic (exact) mass is 414 g/mol. The molecule has 4 rings (SSSR count). The van der Waals surface area contributed by atoms with E-state index in [1.165, 1.54) is 0 Å². The van der Waals surface area contributed by atoms with Gasteiger partial charge in [0.2, 0.25) is 0 Å². The highest BCUT2D eigenvalue weighted by atomic mass is 16.5. The van der Waals surface area contributed by atoms with Crippen LogP contribution in [0.1, 0.15) is 47.2 Å². The number of nitrogens with one attached hydrogen (secondary N) is 1. The van der Waals surface area contributed by atoms with Crippen molar-refractivity contribution in [1.29, 1.82) is 0 Å². The third kappa shape index (κ3) is 4.69. The zero-order valence-corrected chi connectivity index (χ0v) is 17.2. The first-order valence-corrected chi connectivity index (χ1v) is 10.2. The Morgan fingerprint density at radius 3 is 2.71 bits per heavy atom. The summed E-state index contributed by atoms with van der Waals surface area (Å²) in [7, 11) is 0. The van der Waals surface area contributed by atoms with E-state index in [9.17, 15) is 14.4 Å². The fourth-order valence-corrected chi connectivity index (χ4v) is 3.53. The lowest BCUT2D eigenvalue weighted by Crippen LogP contribution is -2.04. The second-order valence-electron chi connectivity index (χ2n) is 7.34.